The Morgan fingerprint density at radius 3 is 2.43 bits per heavy atom. The molecule has 3 aliphatic carbocycles. The van der Waals surface area contributed by atoms with Crippen molar-refractivity contribution in [1.82, 2.24) is 9.80 Å². The number of hydrogen-bond acceptors (Lipinski definition) is 2. The van der Waals surface area contributed by atoms with Crippen LogP contribution in [0, 0.1) is 23.7 Å². The zero-order valence-corrected chi connectivity index (χ0v) is 13.7. The monoisotopic (exact) mass is 288 g/mol. The van der Waals surface area contributed by atoms with E-state index in [2.05, 4.69) is 28.9 Å². The molecule has 1 aliphatic heterocycles. The lowest BCUT2D eigenvalue weighted by Gasteiger charge is -2.44. The van der Waals surface area contributed by atoms with Gasteiger partial charge in [-0.15, -0.1) is 0 Å². The fraction of sp³-hybridized carbons (Fsp3) is 0.895. The Morgan fingerprint density at radius 2 is 1.76 bits per heavy atom. The van der Waals surface area contributed by atoms with Crippen molar-refractivity contribution >= 4 is 0 Å². The number of nitrogens with zero attached hydrogens (tertiary/aromatic N) is 2. The van der Waals surface area contributed by atoms with Crippen LogP contribution in [0.4, 0.5) is 0 Å². The molecular formula is C19H32N2. The summed E-state index contributed by atoms with van der Waals surface area (Å²) in [6.45, 7) is 9.15. The molecular weight excluding hydrogens is 256 g/mol. The van der Waals surface area contributed by atoms with Crippen LogP contribution in [0.15, 0.2) is 12.2 Å². The molecule has 0 spiro atoms. The Bertz CT molecular complexity index is 383. The van der Waals surface area contributed by atoms with Crippen LogP contribution in [0.25, 0.3) is 0 Å². The average molecular weight is 288 g/mol. The molecule has 0 N–H and O–H groups in total. The number of piperazine rings is 1. The number of fused-ring (bicyclic) bond motifs is 2. The molecule has 0 unspecified atom stereocenters. The van der Waals surface area contributed by atoms with Gasteiger partial charge >= 0.3 is 0 Å². The maximum absolute atomic E-state index is 2.82. The van der Waals surface area contributed by atoms with E-state index in [0.717, 1.165) is 29.7 Å². The summed E-state index contributed by atoms with van der Waals surface area (Å²) in [6.07, 6.45) is 13.8. The van der Waals surface area contributed by atoms with Gasteiger partial charge in [0.25, 0.3) is 0 Å². The third-order valence-electron chi connectivity index (χ3n) is 6.85. The Morgan fingerprint density at radius 1 is 0.952 bits per heavy atom. The maximum atomic E-state index is 2.82. The molecule has 5 atom stereocenters. The van der Waals surface area contributed by atoms with E-state index in [0.29, 0.717) is 0 Å². The summed E-state index contributed by atoms with van der Waals surface area (Å²) in [6, 6.07) is 0.895. The van der Waals surface area contributed by atoms with Crippen molar-refractivity contribution in [3.05, 3.63) is 12.2 Å². The van der Waals surface area contributed by atoms with Crippen molar-refractivity contribution < 1.29 is 0 Å². The fourth-order valence-corrected chi connectivity index (χ4v) is 5.55. The molecule has 2 nitrogen and oxygen atoms in total. The normalized spacial score (nSPS) is 44.5. The highest BCUT2D eigenvalue weighted by Gasteiger charge is 2.37. The molecule has 0 radical (unpaired) electrons. The first-order chi connectivity index (χ1) is 10.3. The summed E-state index contributed by atoms with van der Waals surface area (Å²) in [4.78, 5) is 5.59. The Kier molecular flexibility index (Phi) is 4.10. The van der Waals surface area contributed by atoms with E-state index < -0.39 is 0 Å². The first-order valence-electron chi connectivity index (χ1n) is 9.44. The van der Waals surface area contributed by atoms with E-state index in [1.165, 1.54) is 71.2 Å². The predicted octanol–water partition coefficient (Wildman–Crippen LogP) is 3.39. The lowest BCUT2D eigenvalue weighted by atomic mass is 9.84. The van der Waals surface area contributed by atoms with Gasteiger partial charge in [-0.2, -0.15) is 0 Å². The van der Waals surface area contributed by atoms with E-state index in [-0.39, 0.29) is 0 Å². The van der Waals surface area contributed by atoms with Crippen molar-refractivity contribution in [2.75, 3.05) is 32.7 Å². The topological polar surface area (TPSA) is 6.48 Å². The molecule has 0 aromatic heterocycles. The fourth-order valence-electron chi connectivity index (χ4n) is 5.55. The Labute approximate surface area is 130 Å². The van der Waals surface area contributed by atoms with Gasteiger partial charge in [0.05, 0.1) is 0 Å². The highest BCUT2D eigenvalue weighted by molar-refractivity contribution is 5.10. The summed E-state index contributed by atoms with van der Waals surface area (Å²) in [5, 5.41) is 0. The summed E-state index contributed by atoms with van der Waals surface area (Å²) in [7, 11) is 0. The van der Waals surface area contributed by atoms with Crippen LogP contribution in [0.1, 0.15) is 45.4 Å². The Hall–Kier alpha value is -0.340. The summed E-state index contributed by atoms with van der Waals surface area (Å²) >= 11 is 0. The van der Waals surface area contributed by atoms with Crippen LogP contribution in [0.3, 0.4) is 0 Å². The lowest BCUT2D eigenvalue weighted by Crippen LogP contribution is -2.53. The van der Waals surface area contributed by atoms with Crippen LogP contribution in [-0.2, 0) is 0 Å². The number of allylic oxidation sites excluding steroid dienone is 2. The van der Waals surface area contributed by atoms with E-state index in [1.54, 1.807) is 0 Å². The molecule has 0 amide bonds. The molecule has 0 aromatic carbocycles. The molecule has 21 heavy (non-hydrogen) atoms. The zero-order valence-electron chi connectivity index (χ0n) is 13.7. The van der Waals surface area contributed by atoms with E-state index in [1.807, 2.05) is 0 Å². The van der Waals surface area contributed by atoms with Gasteiger partial charge in [0, 0.05) is 38.8 Å². The Balaban J connectivity index is 1.26. The van der Waals surface area contributed by atoms with Crippen molar-refractivity contribution in [3.8, 4) is 0 Å². The molecule has 1 heterocycles. The molecule has 2 heteroatoms. The molecule has 4 aliphatic rings. The number of rotatable bonds is 3. The zero-order chi connectivity index (χ0) is 14.2. The largest absolute Gasteiger partial charge is 0.300 e. The molecule has 118 valence electrons. The molecule has 2 saturated carbocycles. The smallest absolute Gasteiger partial charge is 0.0122 e. The lowest BCUT2D eigenvalue weighted by molar-refractivity contribution is 0.0471. The maximum Gasteiger partial charge on any atom is 0.0122 e. The quantitative estimate of drug-likeness (QED) is 0.735. The standard InChI is InChI=1S/C19H32N2/c1-15-4-2-3-5-19(15)21-10-8-20(9-11-21)14-18-13-16-6-7-17(18)12-16/h6-7,15-19H,2-5,8-14H2,1H3/t15-,16+,17+,18-,19-/m0/s1. The van der Waals surface area contributed by atoms with Gasteiger partial charge in [-0.25, -0.2) is 0 Å². The highest BCUT2D eigenvalue weighted by atomic mass is 15.3. The first kappa shape index (κ1) is 14.3. The van der Waals surface area contributed by atoms with E-state index >= 15 is 0 Å². The van der Waals surface area contributed by atoms with E-state index in [4.69, 9.17) is 0 Å². The van der Waals surface area contributed by atoms with Gasteiger partial charge < -0.3 is 4.90 Å². The summed E-state index contributed by atoms with van der Waals surface area (Å²) in [5.74, 6) is 3.76. The second-order valence-corrected chi connectivity index (χ2v) is 8.21. The molecule has 0 aromatic rings. The van der Waals surface area contributed by atoms with Gasteiger partial charge in [0.15, 0.2) is 0 Å². The van der Waals surface area contributed by atoms with Crippen molar-refractivity contribution in [2.45, 2.75) is 51.5 Å². The molecule has 4 rings (SSSR count). The van der Waals surface area contributed by atoms with Gasteiger partial charge in [0.1, 0.15) is 0 Å². The number of hydrogen-bond donors (Lipinski definition) is 0. The van der Waals surface area contributed by atoms with Crippen LogP contribution >= 0.6 is 0 Å². The minimum absolute atomic E-state index is 0.895. The van der Waals surface area contributed by atoms with Gasteiger partial charge in [0.2, 0.25) is 0 Å². The third-order valence-corrected chi connectivity index (χ3v) is 6.85. The van der Waals surface area contributed by atoms with E-state index in [9.17, 15) is 0 Å². The minimum atomic E-state index is 0.895. The van der Waals surface area contributed by atoms with Crippen LogP contribution in [0.5, 0.6) is 0 Å². The highest BCUT2D eigenvalue weighted by Crippen LogP contribution is 2.43. The average Bonchev–Trinajstić information content (AvgIpc) is 3.11. The van der Waals surface area contributed by atoms with Crippen molar-refractivity contribution in [1.29, 1.82) is 0 Å². The van der Waals surface area contributed by atoms with Crippen LogP contribution in [-0.4, -0.2) is 48.6 Å². The molecule has 1 saturated heterocycles. The molecule has 2 bridgehead atoms. The SMILES string of the molecule is C[C@H]1CCCC[C@@H]1N1CCN(C[C@@H]2C[C@@H]3C=C[C@@H]2C3)CC1. The second kappa shape index (κ2) is 6.04. The predicted molar refractivity (Wildman–Crippen MR) is 88.3 cm³/mol. The third kappa shape index (κ3) is 2.94. The van der Waals surface area contributed by atoms with Crippen LogP contribution < -0.4 is 0 Å². The summed E-state index contributed by atoms with van der Waals surface area (Å²) < 4.78 is 0. The first-order valence-corrected chi connectivity index (χ1v) is 9.44. The van der Waals surface area contributed by atoms with Crippen molar-refractivity contribution in [3.63, 3.8) is 0 Å². The minimum Gasteiger partial charge on any atom is -0.300 e. The van der Waals surface area contributed by atoms with Gasteiger partial charge in [-0.3, -0.25) is 4.90 Å². The van der Waals surface area contributed by atoms with Crippen molar-refractivity contribution in [2.24, 2.45) is 23.7 Å². The van der Waals surface area contributed by atoms with Gasteiger partial charge in [-0.1, -0.05) is 31.9 Å². The molecule has 3 fully saturated rings. The van der Waals surface area contributed by atoms with Crippen LogP contribution in [0.2, 0.25) is 0 Å². The van der Waals surface area contributed by atoms with Gasteiger partial charge in [-0.05, 0) is 49.4 Å². The second-order valence-electron chi connectivity index (χ2n) is 8.21. The summed E-state index contributed by atoms with van der Waals surface area (Å²) in [5.41, 5.74) is 0.